The lowest BCUT2D eigenvalue weighted by molar-refractivity contribution is 0.122. The molecule has 1 aliphatic rings. The highest BCUT2D eigenvalue weighted by molar-refractivity contribution is 7.99. The minimum absolute atomic E-state index is 0.270. The second kappa shape index (κ2) is 9.28. The number of nitrogens with zero attached hydrogens (tertiary/aromatic N) is 4. The zero-order valence-electron chi connectivity index (χ0n) is 16.3. The number of ether oxygens (including phenoxy) is 2. The van der Waals surface area contributed by atoms with E-state index in [2.05, 4.69) is 44.8 Å². The van der Waals surface area contributed by atoms with Crippen molar-refractivity contribution in [3.63, 3.8) is 0 Å². The van der Waals surface area contributed by atoms with Gasteiger partial charge in [0.15, 0.2) is 5.16 Å². The Morgan fingerprint density at radius 3 is 2.66 bits per heavy atom. The summed E-state index contributed by atoms with van der Waals surface area (Å²) in [5, 5.41) is 9.73. The Labute approximate surface area is 173 Å². The standard InChI is InChI=1S/C21H23FN4O2S/c1-16-3-2-4-18(15-16)26-20(25-9-11-27-12-10-25)23-24-21(26)29-14-13-28-19-7-5-17(22)6-8-19/h2-8,15H,9-14H2,1H3. The van der Waals surface area contributed by atoms with Crippen LogP contribution in [0.1, 0.15) is 5.56 Å². The number of benzene rings is 2. The van der Waals surface area contributed by atoms with Gasteiger partial charge in [-0.3, -0.25) is 4.57 Å². The third-order valence-electron chi connectivity index (χ3n) is 4.57. The van der Waals surface area contributed by atoms with Crippen molar-refractivity contribution in [1.82, 2.24) is 14.8 Å². The number of thioether (sulfide) groups is 1. The highest BCUT2D eigenvalue weighted by Gasteiger charge is 2.21. The molecule has 0 bridgehead atoms. The fraction of sp³-hybridized carbons (Fsp3) is 0.333. The van der Waals surface area contributed by atoms with E-state index in [-0.39, 0.29) is 5.82 Å². The molecule has 0 amide bonds. The van der Waals surface area contributed by atoms with E-state index in [1.54, 1.807) is 23.9 Å². The Morgan fingerprint density at radius 1 is 1.10 bits per heavy atom. The Kier molecular flexibility index (Phi) is 6.31. The molecule has 2 heterocycles. The normalized spacial score (nSPS) is 14.2. The van der Waals surface area contributed by atoms with Crippen LogP contribution in [0.3, 0.4) is 0 Å². The Morgan fingerprint density at radius 2 is 1.90 bits per heavy atom. The number of hydrogen-bond acceptors (Lipinski definition) is 6. The van der Waals surface area contributed by atoms with Crippen LogP contribution in [0.2, 0.25) is 0 Å². The van der Waals surface area contributed by atoms with E-state index in [1.165, 1.54) is 17.7 Å². The van der Waals surface area contributed by atoms with Gasteiger partial charge in [-0.2, -0.15) is 0 Å². The molecule has 2 aromatic carbocycles. The summed E-state index contributed by atoms with van der Waals surface area (Å²) in [4.78, 5) is 2.21. The lowest BCUT2D eigenvalue weighted by Gasteiger charge is -2.28. The van der Waals surface area contributed by atoms with E-state index < -0.39 is 0 Å². The van der Waals surface area contributed by atoms with Crippen molar-refractivity contribution in [1.29, 1.82) is 0 Å². The van der Waals surface area contributed by atoms with Crippen molar-refractivity contribution >= 4 is 17.7 Å². The van der Waals surface area contributed by atoms with Crippen LogP contribution in [0, 0.1) is 12.7 Å². The largest absolute Gasteiger partial charge is 0.493 e. The second-order valence-corrected chi connectivity index (χ2v) is 7.77. The smallest absolute Gasteiger partial charge is 0.232 e. The summed E-state index contributed by atoms with van der Waals surface area (Å²) in [7, 11) is 0. The Bertz CT molecular complexity index is 942. The molecule has 0 radical (unpaired) electrons. The van der Waals surface area contributed by atoms with Gasteiger partial charge in [0.05, 0.1) is 25.5 Å². The average Bonchev–Trinajstić information content (AvgIpc) is 3.17. The van der Waals surface area contributed by atoms with Gasteiger partial charge in [0, 0.05) is 18.8 Å². The molecular weight excluding hydrogens is 391 g/mol. The molecule has 0 aliphatic carbocycles. The molecule has 0 unspecified atom stereocenters. The van der Waals surface area contributed by atoms with E-state index in [1.807, 2.05) is 6.07 Å². The van der Waals surface area contributed by atoms with Crippen LogP contribution in [-0.2, 0) is 4.74 Å². The van der Waals surface area contributed by atoms with Crippen molar-refractivity contribution in [2.45, 2.75) is 12.1 Å². The van der Waals surface area contributed by atoms with Gasteiger partial charge < -0.3 is 14.4 Å². The highest BCUT2D eigenvalue weighted by Crippen LogP contribution is 2.27. The molecule has 8 heteroatoms. The van der Waals surface area contributed by atoms with Gasteiger partial charge in [-0.25, -0.2) is 4.39 Å². The van der Waals surface area contributed by atoms with E-state index in [9.17, 15) is 4.39 Å². The molecule has 1 aromatic heterocycles. The minimum Gasteiger partial charge on any atom is -0.493 e. The summed E-state index contributed by atoms with van der Waals surface area (Å²) in [6.45, 7) is 5.53. The minimum atomic E-state index is -0.270. The summed E-state index contributed by atoms with van der Waals surface area (Å²) in [5.41, 5.74) is 2.22. The fourth-order valence-electron chi connectivity index (χ4n) is 3.14. The van der Waals surface area contributed by atoms with Gasteiger partial charge in [-0.15, -0.1) is 10.2 Å². The van der Waals surface area contributed by atoms with Gasteiger partial charge in [-0.05, 0) is 48.9 Å². The van der Waals surface area contributed by atoms with E-state index in [4.69, 9.17) is 9.47 Å². The predicted octanol–water partition coefficient (Wildman–Crippen LogP) is 3.72. The molecule has 29 heavy (non-hydrogen) atoms. The van der Waals surface area contributed by atoms with Crippen molar-refractivity contribution in [2.75, 3.05) is 43.6 Å². The van der Waals surface area contributed by atoms with Crippen LogP contribution < -0.4 is 9.64 Å². The van der Waals surface area contributed by atoms with Gasteiger partial charge >= 0.3 is 0 Å². The van der Waals surface area contributed by atoms with Gasteiger partial charge in [0.2, 0.25) is 5.95 Å². The third-order valence-corrected chi connectivity index (χ3v) is 5.46. The third kappa shape index (κ3) is 4.89. The zero-order valence-corrected chi connectivity index (χ0v) is 17.1. The lowest BCUT2D eigenvalue weighted by Crippen LogP contribution is -2.37. The lowest BCUT2D eigenvalue weighted by atomic mass is 10.2. The van der Waals surface area contributed by atoms with Gasteiger partial charge in [0.25, 0.3) is 0 Å². The molecule has 1 aliphatic heterocycles. The maximum absolute atomic E-state index is 13.0. The maximum Gasteiger partial charge on any atom is 0.232 e. The maximum atomic E-state index is 13.0. The van der Waals surface area contributed by atoms with Gasteiger partial charge in [-0.1, -0.05) is 23.9 Å². The first-order chi connectivity index (χ1) is 14.2. The van der Waals surface area contributed by atoms with Crippen molar-refractivity contribution in [3.05, 3.63) is 59.9 Å². The Hall–Kier alpha value is -2.58. The number of hydrogen-bond donors (Lipinski definition) is 0. The molecule has 0 N–H and O–H groups in total. The molecule has 1 fully saturated rings. The van der Waals surface area contributed by atoms with Crippen LogP contribution in [0.15, 0.2) is 53.7 Å². The second-order valence-electron chi connectivity index (χ2n) is 6.71. The number of aromatic nitrogens is 3. The summed E-state index contributed by atoms with van der Waals surface area (Å²) >= 11 is 1.59. The molecule has 3 aromatic rings. The van der Waals surface area contributed by atoms with E-state index in [0.717, 1.165) is 29.9 Å². The first-order valence-corrected chi connectivity index (χ1v) is 10.6. The molecule has 1 saturated heterocycles. The van der Waals surface area contributed by atoms with E-state index >= 15 is 0 Å². The molecular formula is C21H23FN4O2S. The molecule has 4 rings (SSSR count). The number of aryl methyl sites for hydroxylation is 1. The number of morpholine rings is 1. The highest BCUT2D eigenvalue weighted by atomic mass is 32.2. The molecule has 152 valence electrons. The molecule has 6 nitrogen and oxygen atoms in total. The monoisotopic (exact) mass is 414 g/mol. The number of rotatable bonds is 7. The van der Waals surface area contributed by atoms with E-state index in [0.29, 0.717) is 31.3 Å². The SMILES string of the molecule is Cc1cccc(-n2c(SCCOc3ccc(F)cc3)nnc2N2CCOCC2)c1. The quantitative estimate of drug-likeness (QED) is 0.434. The molecule has 0 spiro atoms. The number of anilines is 1. The molecule has 0 saturated carbocycles. The Balaban J connectivity index is 1.49. The van der Waals surface area contributed by atoms with Crippen molar-refractivity contribution < 1.29 is 13.9 Å². The van der Waals surface area contributed by atoms with Gasteiger partial charge in [0.1, 0.15) is 11.6 Å². The molecule has 0 atom stereocenters. The van der Waals surface area contributed by atoms with Crippen LogP contribution >= 0.6 is 11.8 Å². The summed E-state index contributed by atoms with van der Waals surface area (Å²) in [5.74, 6) is 1.92. The van der Waals surface area contributed by atoms with Crippen molar-refractivity contribution in [2.24, 2.45) is 0 Å². The summed E-state index contributed by atoms with van der Waals surface area (Å²) in [6, 6.07) is 14.4. The number of halogens is 1. The average molecular weight is 415 g/mol. The topological polar surface area (TPSA) is 52.4 Å². The summed E-state index contributed by atoms with van der Waals surface area (Å²) in [6.07, 6.45) is 0. The first kappa shape index (κ1) is 19.7. The van der Waals surface area contributed by atoms with Crippen LogP contribution in [0.25, 0.3) is 5.69 Å². The van der Waals surface area contributed by atoms with Crippen LogP contribution in [0.5, 0.6) is 5.75 Å². The predicted molar refractivity (Wildman–Crippen MR) is 112 cm³/mol. The zero-order chi connectivity index (χ0) is 20.1. The van der Waals surface area contributed by atoms with Crippen molar-refractivity contribution in [3.8, 4) is 11.4 Å². The fourth-order valence-corrected chi connectivity index (χ4v) is 3.90. The van der Waals surface area contributed by atoms with Crippen LogP contribution in [0.4, 0.5) is 10.3 Å². The first-order valence-electron chi connectivity index (χ1n) is 9.57. The van der Waals surface area contributed by atoms with Crippen LogP contribution in [-0.4, -0.2) is 53.4 Å². The summed E-state index contributed by atoms with van der Waals surface area (Å²) < 4.78 is 26.3.